The molecule has 5 N–H and O–H groups in total. The van der Waals surface area contributed by atoms with E-state index >= 15 is 0 Å². The summed E-state index contributed by atoms with van der Waals surface area (Å²) in [5.74, 6) is -4.62. The van der Waals surface area contributed by atoms with E-state index in [-0.39, 0.29) is 5.88 Å². The molecule has 0 aromatic rings. The Morgan fingerprint density at radius 1 is 1.32 bits per heavy atom. The third-order valence-electron chi connectivity index (χ3n) is 1.42. The zero-order valence-electron chi connectivity index (χ0n) is 9.57. The third kappa shape index (κ3) is 10.1. The SMILES string of the molecule is C[C@@H](N)C(=O)N[C@H](CCl)C(=O)O.O=C(O)C(F)(F)F. The van der Waals surface area contributed by atoms with Crippen molar-refractivity contribution in [3.8, 4) is 0 Å². The summed E-state index contributed by atoms with van der Waals surface area (Å²) in [6.07, 6.45) is -5.08. The van der Waals surface area contributed by atoms with Crippen LogP contribution in [-0.2, 0) is 14.4 Å². The number of hydrogen-bond acceptors (Lipinski definition) is 4. The van der Waals surface area contributed by atoms with E-state index in [0.717, 1.165) is 0 Å². The fourth-order valence-corrected chi connectivity index (χ4v) is 0.679. The maximum atomic E-state index is 10.9. The molecule has 0 fully saturated rings. The van der Waals surface area contributed by atoms with Gasteiger partial charge in [-0.2, -0.15) is 13.2 Å². The largest absolute Gasteiger partial charge is 0.490 e. The number of hydrogen-bond donors (Lipinski definition) is 4. The van der Waals surface area contributed by atoms with Crippen LogP contribution in [0, 0.1) is 0 Å². The summed E-state index contributed by atoms with van der Waals surface area (Å²) >= 11 is 5.27. The van der Waals surface area contributed by atoms with Gasteiger partial charge in [-0.25, -0.2) is 9.59 Å². The van der Waals surface area contributed by atoms with Crippen molar-refractivity contribution in [2.75, 3.05) is 5.88 Å². The van der Waals surface area contributed by atoms with E-state index in [9.17, 15) is 22.8 Å². The lowest BCUT2D eigenvalue weighted by Crippen LogP contribution is -2.48. The number of halogens is 4. The van der Waals surface area contributed by atoms with Gasteiger partial charge in [0, 0.05) is 0 Å². The predicted molar refractivity (Wildman–Crippen MR) is 57.6 cm³/mol. The molecule has 0 radical (unpaired) electrons. The fourth-order valence-electron chi connectivity index (χ4n) is 0.469. The van der Waals surface area contributed by atoms with Gasteiger partial charge in [-0.1, -0.05) is 0 Å². The molecule has 112 valence electrons. The van der Waals surface area contributed by atoms with Gasteiger partial charge in [0.1, 0.15) is 6.04 Å². The van der Waals surface area contributed by atoms with Gasteiger partial charge < -0.3 is 21.3 Å². The molecule has 0 saturated carbocycles. The van der Waals surface area contributed by atoms with Crippen molar-refractivity contribution >= 4 is 29.4 Å². The van der Waals surface area contributed by atoms with E-state index in [1.165, 1.54) is 6.92 Å². The van der Waals surface area contributed by atoms with Gasteiger partial charge in [0.2, 0.25) is 5.91 Å². The second-order valence-electron chi connectivity index (χ2n) is 3.15. The highest BCUT2D eigenvalue weighted by Crippen LogP contribution is 2.13. The highest BCUT2D eigenvalue weighted by molar-refractivity contribution is 6.19. The van der Waals surface area contributed by atoms with Crippen LogP contribution in [0.2, 0.25) is 0 Å². The molecular weight excluding hydrogens is 297 g/mol. The molecule has 0 aliphatic carbocycles. The van der Waals surface area contributed by atoms with Crippen molar-refractivity contribution in [1.29, 1.82) is 0 Å². The Morgan fingerprint density at radius 2 is 1.68 bits per heavy atom. The van der Waals surface area contributed by atoms with Crippen molar-refractivity contribution in [2.24, 2.45) is 5.73 Å². The Labute approximate surface area is 110 Å². The van der Waals surface area contributed by atoms with E-state index in [4.69, 9.17) is 32.3 Å². The Morgan fingerprint density at radius 3 is 1.84 bits per heavy atom. The summed E-state index contributed by atoms with van der Waals surface area (Å²) < 4.78 is 31.7. The number of amides is 1. The lowest BCUT2D eigenvalue weighted by Gasteiger charge is -2.12. The Kier molecular flexibility index (Phi) is 8.89. The Balaban J connectivity index is 0. The van der Waals surface area contributed by atoms with Crippen molar-refractivity contribution in [2.45, 2.75) is 25.2 Å². The molecule has 7 nitrogen and oxygen atoms in total. The highest BCUT2D eigenvalue weighted by atomic mass is 35.5. The summed E-state index contributed by atoms with van der Waals surface area (Å²) in [5.41, 5.74) is 5.19. The Bertz CT molecular complexity index is 335. The van der Waals surface area contributed by atoms with Crippen LogP contribution in [0.5, 0.6) is 0 Å². The molecule has 0 aliphatic heterocycles. The van der Waals surface area contributed by atoms with Gasteiger partial charge in [-0.05, 0) is 6.92 Å². The van der Waals surface area contributed by atoms with Crippen molar-refractivity contribution in [1.82, 2.24) is 5.32 Å². The van der Waals surface area contributed by atoms with Gasteiger partial charge in [-0.15, -0.1) is 11.6 Å². The molecule has 19 heavy (non-hydrogen) atoms. The lowest BCUT2D eigenvalue weighted by molar-refractivity contribution is -0.192. The summed E-state index contributed by atoms with van der Waals surface area (Å²) in [5, 5.41) is 17.8. The topological polar surface area (TPSA) is 130 Å². The minimum Gasteiger partial charge on any atom is -0.480 e. The number of carbonyl (C=O) groups excluding carboxylic acids is 1. The third-order valence-corrected chi connectivity index (χ3v) is 1.73. The number of carboxylic acid groups (broad SMARTS) is 2. The van der Waals surface area contributed by atoms with Gasteiger partial charge in [0.15, 0.2) is 0 Å². The fraction of sp³-hybridized carbons (Fsp3) is 0.625. The summed E-state index contributed by atoms with van der Waals surface area (Å²) in [7, 11) is 0. The highest BCUT2D eigenvalue weighted by Gasteiger charge is 2.38. The molecule has 0 heterocycles. The number of aliphatic carboxylic acids is 2. The molecule has 0 bridgehead atoms. The van der Waals surface area contributed by atoms with Crippen molar-refractivity contribution < 1.29 is 37.8 Å². The average molecular weight is 309 g/mol. The van der Waals surface area contributed by atoms with Crippen LogP contribution in [0.3, 0.4) is 0 Å². The monoisotopic (exact) mass is 308 g/mol. The molecular formula is C8H12ClF3N2O5. The summed E-state index contributed by atoms with van der Waals surface area (Å²) in [6, 6.07) is -1.79. The van der Waals surface area contributed by atoms with Crippen LogP contribution in [-0.4, -0.2) is 52.2 Å². The smallest absolute Gasteiger partial charge is 0.480 e. The summed E-state index contributed by atoms with van der Waals surface area (Å²) in [6.45, 7) is 1.46. The number of carbonyl (C=O) groups is 3. The standard InChI is InChI=1S/C6H11ClN2O3.C2HF3O2/c1-3(8)5(10)9-4(2-7)6(11)12;3-2(4,5)1(6)7/h3-4H,2,8H2,1H3,(H,9,10)(H,11,12);(H,6,7)/t3-,4-;/m1./s1. The molecule has 0 aromatic carbocycles. The quantitative estimate of drug-likeness (QED) is 0.531. The minimum atomic E-state index is -5.08. The molecule has 0 rings (SSSR count). The van der Waals surface area contributed by atoms with Crippen LogP contribution in [0.1, 0.15) is 6.92 Å². The molecule has 0 saturated heterocycles. The van der Waals surface area contributed by atoms with E-state index in [0.29, 0.717) is 0 Å². The van der Waals surface area contributed by atoms with Crippen LogP contribution in [0.15, 0.2) is 0 Å². The van der Waals surface area contributed by atoms with Crippen LogP contribution < -0.4 is 11.1 Å². The zero-order chi connectivity index (χ0) is 15.8. The number of nitrogens with one attached hydrogen (secondary N) is 1. The van der Waals surface area contributed by atoms with Crippen LogP contribution in [0.25, 0.3) is 0 Å². The number of carboxylic acids is 2. The van der Waals surface area contributed by atoms with Gasteiger partial charge in [0.05, 0.1) is 11.9 Å². The first-order chi connectivity index (χ1) is 8.43. The van der Waals surface area contributed by atoms with Gasteiger partial charge in [0.25, 0.3) is 0 Å². The molecule has 1 amide bonds. The first-order valence-electron chi connectivity index (χ1n) is 4.58. The van der Waals surface area contributed by atoms with Crippen LogP contribution >= 0.6 is 11.6 Å². The zero-order valence-corrected chi connectivity index (χ0v) is 10.3. The number of alkyl halides is 4. The van der Waals surface area contributed by atoms with Crippen molar-refractivity contribution in [3.63, 3.8) is 0 Å². The maximum Gasteiger partial charge on any atom is 0.490 e. The summed E-state index contributed by atoms with van der Waals surface area (Å²) in [4.78, 5) is 30.1. The molecule has 0 aliphatic rings. The van der Waals surface area contributed by atoms with Crippen molar-refractivity contribution in [3.05, 3.63) is 0 Å². The second kappa shape index (κ2) is 8.53. The van der Waals surface area contributed by atoms with Gasteiger partial charge in [-0.3, -0.25) is 4.79 Å². The molecule has 11 heteroatoms. The number of rotatable bonds is 4. The lowest BCUT2D eigenvalue weighted by atomic mass is 10.3. The average Bonchev–Trinajstić information content (AvgIpc) is 2.24. The van der Waals surface area contributed by atoms with E-state index in [2.05, 4.69) is 5.32 Å². The molecule has 2 atom stereocenters. The van der Waals surface area contributed by atoms with E-state index in [1.54, 1.807) is 0 Å². The van der Waals surface area contributed by atoms with E-state index in [1.807, 2.05) is 0 Å². The predicted octanol–water partition coefficient (Wildman–Crippen LogP) is -0.225. The van der Waals surface area contributed by atoms with Crippen LogP contribution in [0.4, 0.5) is 13.2 Å². The molecule has 0 unspecified atom stereocenters. The number of nitrogens with two attached hydrogens (primary N) is 1. The van der Waals surface area contributed by atoms with Gasteiger partial charge >= 0.3 is 18.1 Å². The molecule has 0 aromatic heterocycles. The Hall–Kier alpha value is -1.55. The minimum absolute atomic E-state index is 0.173. The molecule has 0 spiro atoms. The first-order valence-corrected chi connectivity index (χ1v) is 5.11. The first kappa shape index (κ1) is 19.8. The van der Waals surface area contributed by atoms with E-state index < -0.39 is 36.1 Å². The second-order valence-corrected chi connectivity index (χ2v) is 3.45. The maximum absolute atomic E-state index is 10.9. The normalized spacial score (nSPS) is 13.6.